The van der Waals surface area contributed by atoms with Gasteiger partial charge in [-0.05, 0) is 13.8 Å². The van der Waals surface area contributed by atoms with Gasteiger partial charge in [-0.3, -0.25) is 0 Å². The first-order valence-corrected chi connectivity index (χ1v) is 3.62. The Hall–Kier alpha value is -0.410. The minimum Gasteiger partial charge on any atom is -0.323 e. The fourth-order valence-corrected chi connectivity index (χ4v) is 1.35. The molecule has 0 aliphatic rings. The van der Waals surface area contributed by atoms with Crippen LogP contribution in [0.1, 0.15) is 23.5 Å². The average molecular weight is 141 g/mol. The van der Waals surface area contributed by atoms with Crippen LogP contribution < -0.4 is 5.73 Å². The number of nitrogens with zero attached hydrogens (tertiary/aromatic N) is 1. The van der Waals surface area contributed by atoms with Gasteiger partial charge in [0.1, 0.15) is 0 Å². The Labute approximate surface area is 58.7 Å². The van der Waals surface area contributed by atoms with E-state index in [-0.39, 0.29) is 6.04 Å². The van der Waals surface area contributed by atoms with Gasteiger partial charge in [0.2, 0.25) is 0 Å². The van der Waals surface area contributed by atoms with Crippen LogP contribution in [0.4, 0.5) is 0 Å². The van der Waals surface area contributed by atoms with Crippen LogP contribution in [0.25, 0.3) is 0 Å². The molecular weight excluding hydrogens is 132 g/mol. The van der Waals surface area contributed by atoms with E-state index in [1.54, 1.807) is 0 Å². The second kappa shape index (κ2) is 2.45. The quantitative estimate of drug-likeness (QED) is 0.639. The molecule has 1 atom stereocenters. The smallest absolute Gasteiger partial charge is 0.152 e. The van der Waals surface area contributed by atoms with Gasteiger partial charge in [-0.2, -0.15) is 0 Å². The highest BCUT2D eigenvalue weighted by molar-refractivity contribution is 7.09. The predicted octanol–water partition coefficient (Wildman–Crippen LogP) is 1.27. The zero-order valence-corrected chi connectivity index (χ0v) is 6.33. The molecule has 9 heavy (non-hydrogen) atoms. The number of hydrogen-bond donors (Lipinski definition) is 1. The molecule has 0 bridgehead atoms. The number of hydrogen-bond acceptors (Lipinski definition) is 3. The van der Waals surface area contributed by atoms with Crippen LogP contribution in [-0.2, 0) is 0 Å². The van der Waals surface area contributed by atoms with Gasteiger partial charge in [-0.15, -0.1) is 11.3 Å². The number of aromatic nitrogens is 1. The van der Waals surface area contributed by atoms with Crippen molar-refractivity contribution in [1.29, 1.82) is 0 Å². The molecule has 1 aromatic heterocycles. The number of rotatable bonds is 1. The lowest BCUT2D eigenvalue weighted by Crippen LogP contribution is -2.03. The SMILES string of the molecule is Cc1n[c]sc1C(C)N. The molecule has 0 amide bonds. The molecule has 0 aliphatic heterocycles. The highest BCUT2D eigenvalue weighted by Crippen LogP contribution is 2.17. The Morgan fingerprint density at radius 2 is 2.44 bits per heavy atom. The highest BCUT2D eigenvalue weighted by Gasteiger charge is 2.04. The molecule has 1 rings (SSSR count). The third kappa shape index (κ3) is 1.28. The summed E-state index contributed by atoms with van der Waals surface area (Å²) in [6.45, 7) is 3.90. The Balaban J connectivity index is 2.94. The molecule has 1 aromatic rings. The van der Waals surface area contributed by atoms with E-state index in [0.29, 0.717) is 0 Å². The zero-order valence-electron chi connectivity index (χ0n) is 5.51. The molecule has 0 saturated heterocycles. The summed E-state index contributed by atoms with van der Waals surface area (Å²) in [5.41, 5.74) is 9.41. The van der Waals surface area contributed by atoms with Crippen LogP contribution >= 0.6 is 11.3 Å². The van der Waals surface area contributed by atoms with Crippen LogP contribution in [0, 0.1) is 12.4 Å². The van der Waals surface area contributed by atoms with Crippen LogP contribution in [0.3, 0.4) is 0 Å². The number of nitrogens with two attached hydrogens (primary N) is 1. The first-order valence-electron chi connectivity index (χ1n) is 2.80. The fraction of sp³-hybridized carbons (Fsp3) is 0.500. The van der Waals surface area contributed by atoms with Crippen molar-refractivity contribution in [2.75, 3.05) is 0 Å². The van der Waals surface area contributed by atoms with Crippen molar-refractivity contribution in [2.24, 2.45) is 5.73 Å². The zero-order chi connectivity index (χ0) is 6.85. The molecule has 0 aromatic carbocycles. The van der Waals surface area contributed by atoms with Crippen molar-refractivity contribution in [2.45, 2.75) is 19.9 Å². The first-order chi connectivity index (χ1) is 4.22. The summed E-state index contributed by atoms with van der Waals surface area (Å²) in [5, 5.41) is 0. The lowest BCUT2D eigenvalue weighted by atomic mass is 10.2. The molecule has 0 spiro atoms. The standard InChI is InChI=1S/C6H9N2S/c1-4(7)6-5(2)8-3-9-6/h4H,7H2,1-2H3. The van der Waals surface area contributed by atoms with Gasteiger partial charge >= 0.3 is 0 Å². The van der Waals surface area contributed by atoms with Crippen molar-refractivity contribution >= 4 is 11.3 Å². The van der Waals surface area contributed by atoms with Crippen LogP contribution in [0.15, 0.2) is 0 Å². The summed E-state index contributed by atoms with van der Waals surface area (Å²) in [6.07, 6.45) is 0. The van der Waals surface area contributed by atoms with Gasteiger partial charge in [0.15, 0.2) is 5.51 Å². The van der Waals surface area contributed by atoms with Crippen molar-refractivity contribution < 1.29 is 0 Å². The Morgan fingerprint density at radius 1 is 1.78 bits per heavy atom. The Bertz CT molecular complexity index is 193. The van der Waals surface area contributed by atoms with Crippen molar-refractivity contribution in [3.8, 4) is 0 Å². The van der Waals surface area contributed by atoms with E-state index in [2.05, 4.69) is 10.5 Å². The summed E-state index contributed by atoms with van der Waals surface area (Å²) < 4.78 is 0. The maximum Gasteiger partial charge on any atom is 0.152 e. The topological polar surface area (TPSA) is 38.9 Å². The fourth-order valence-electron chi connectivity index (χ4n) is 0.692. The van der Waals surface area contributed by atoms with Crippen LogP contribution in [-0.4, -0.2) is 4.98 Å². The van der Waals surface area contributed by atoms with E-state index < -0.39 is 0 Å². The summed E-state index contributed by atoms with van der Waals surface area (Å²) in [7, 11) is 0. The van der Waals surface area contributed by atoms with E-state index in [1.165, 1.54) is 11.3 Å². The van der Waals surface area contributed by atoms with Crippen molar-refractivity contribution in [1.82, 2.24) is 4.98 Å². The van der Waals surface area contributed by atoms with E-state index in [4.69, 9.17) is 5.73 Å². The molecule has 2 nitrogen and oxygen atoms in total. The van der Waals surface area contributed by atoms with E-state index in [9.17, 15) is 0 Å². The molecule has 0 saturated carbocycles. The lowest BCUT2D eigenvalue weighted by molar-refractivity contribution is 0.825. The lowest BCUT2D eigenvalue weighted by Gasteiger charge is -1.99. The second-order valence-corrected chi connectivity index (χ2v) is 2.87. The summed E-state index contributed by atoms with van der Waals surface area (Å²) in [5.74, 6) is 0. The minimum absolute atomic E-state index is 0.105. The molecule has 0 fully saturated rings. The van der Waals surface area contributed by atoms with Crippen molar-refractivity contribution in [3.05, 3.63) is 16.1 Å². The van der Waals surface area contributed by atoms with Crippen LogP contribution in [0.2, 0.25) is 0 Å². The monoisotopic (exact) mass is 141 g/mol. The molecule has 0 aliphatic carbocycles. The van der Waals surface area contributed by atoms with Gasteiger partial charge in [-0.25, -0.2) is 4.98 Å². The van der Waals surface area contributed by atoms with Crippen molar-refractivity contribution in [3.63, 3.8) is 0 Å². The average Bonchev–Trinajstić information content (AvgIpc) is 2.13. The third-order valence-corrected chi connectivity index (χ3v) is 2.21. The summed E-state index contributed by atoms with van der Waals surface area (Å²) in [6, 6.07) is 0.105. The summed E-state index contributed by atoms with van der Waals surface area (Å²) >= 11 is 1.50. The predicted molar refractivity (Wildman–Crippen MR) is 38.3 cm³/mol. The highest BCUT2D eigenvalue weighted by atomic mass is 32.1. The number of aryl methyl sites for hydroxylation is 1. The maximum atomic E-state index is 5.61. The first kappa shape index (κ1) is 6.71. The summed E-state index contributed by atoms with van der Waals surface area (Å²) in [4.78, 5) is 5.09. The van der Waals surface area contributed by atoms with Gasteiger partial charge in [0.25, 0.3) is 0 Å². The molecule has 1 heterocycles. The normalized spacial score (nSPS) is 13.7. The third-order valence-electron chi connectivity index (χ3n) is 1.14. The largest absolute Gasteiger partial charge is 0.323 e. The van der Waals surface area contributed by atoms with Gasteiger partial charge in [0, 0.05) is 10.9 Å². The molecule has 3 heteroatoms. The van der Waals surface area contributed by atoms with Gasteiger partial charge < -0.3 is 5.73 Å². The maximum absolute atomic E-state index is 5.61. The van der Waals surface area contributed by atoms with E-state index in [0.717, 1.165) is 10.6 Å². The van der Waals surface area contributed by atoms with Gasteiger partial charge in [-0.1, -0.05) is 0 Å². The van der Waals surface area contributed by atoms with Crippen LogP contribution in [0.5, 0.6) is 0 Å². The number of thiazole rings is 1. The Morgan fingerprint density at radius 3 is 2.67 bits per heavy atom. The molecule has 2 N–H and O–H groups in total. The minimum atomic E-state index is 0.105. The van der Waals surface area contributed by atoms with Gasteiger partial charge in [0.05, 0.1) is 5.69 Å². The molecule has 1 radical (unpaired) electrons. The molecule has 49 valence electrons. The molecular formula is C6H9N2S. The second-order valence-electron chi connectivity index (χ2n) is 2.04. The molecule has 1 unspecified atom stereocenters. The van der Waals surface area contributed by atoms with E-state index >= 15 is 0 Å². The Kier molecular flexibility index (Phi) is 1.83. The van der Waals surface area contributed by atoms with E-state index in [1.807, 2.05) is 13.8 Å².